The molecule has 180 valence electrons. The number of methoxy groups -OCH3 is 1. The molecule has 1 saturated heterocycles. The fourth-order valence-corrected chi connectivity index (χ4v) is 4.70. The van der Waals surface area contributed by atoms with Crippen LogP contribution in [0.2, 0.25) is 0 Å². The summed E-state index contributed by atoms with van der Waals surface area (Å²) in [7, 11) is 1.62. The van der Waals surface area contributed by atoms with Gasteiger partial charge in [0.25, 0.3) is 0 Å². The van der Waals surface area contributed by atoms with Crippen LogP contribution in [-0.4, -0.2) is 59.6 Å². The highest BCUT2D eigenvalue weighted by atomic mass is 32.1. The fraction of sp³-hybridized carbons (Fsp3) is 0.400. The van der Waals surface area contributed by atoms with Crippen molar-refractivity contribution < 1.29 is 23.6 Å². The van der Waals surface area contributed by atoms with Gasteiger partial charge in [-0.25, -0.2) is 0 Å². The van der Waals surface area contributed by atoms with E-state index in [2.05, 4.69) is 5.16 Å². The second kappa shape index (κ2) is 10.8. The Labute approximate surface area is 203 Å². The number of nitrogens with zero attached hydrogens (tertiary/aromatic N) is 3. The monoisotopic (exact) mass is 483 g/mol. The third kappa shape index (κ3) is 5.84. The van der Waals surface area contributed by atoms with Crippen LogP contribution in [-0.2, 0) is 33.9 Å². The molecule has 0 spiro atoms. The van der Waals surface area contributed by atoms with E-state index in [1.165, 1.54) is 11.3 Å². The van der Waals surface area contributed by atoms with Gasteiger partial charge >= 0.3 is 0 Å². The molecule has 1 aliphatic rings. The number of benzene rings is 1. The zero-order chi connectivity index (χ0) is 24.1. The van der Waals surface area contributed by atoms with Gasteiger partial charge in [0, 0.05) is 30.1 Å². The van der Waals surface area contributed by atoms with Crippen LogP contribution in [0.15, 0.2) is 46.3 Å². The Hall–Kier alpha value is -3.17. The van der Waals surface area contributed by atoms with Crippen molar-refractivity contribution in [3.05, 3.63) is 69.2 Å². The smallest absolute Gasteiger partial charge is 0.242 e. The number of aryl methyl sites for hydroxylation is 2. The highest BCUT2D eigenvalue weighted by molar-refractivity contribution is 7.10. The Morgan fingerprint density at radius 2 is 2.09 bits per heavy atom. The van der Waals surface area contributed by atoms with Crippen molar-refractivity contribution in [1.82, 2.24) is 15.0 Å². The zero-order valence-corrected chi connectivity index (χ0v) is 20.5. The van der Waals surface area contributed by atoms with E-state index < -0.39 is 0 Å². The Bertz CT molecular complexity index is 1110. The van der Waals surface area contributed by atoms with E-state index in [0.717, 1.165) is 27.4 Å². The van der Waals surface area contributed by atoms with Crippen molar-refractivity contribution in [2.24, 2.45) is 0 Å². The van der Waals surface area contributed by atoms with Crippen molar-refractivity contribution >= 4 is 23.2 Å². The third-order valence-electron chi connectivity index (χ3n) is 5.94. The van der Waals surface area contributed by atoms with Crippen LogP contribution in [0, 0.1) is 13.8 Å². The average Bonchev–Trinajstić information content (AvgIpc) is 3.41. The first-order valence-electron chi connectivity index (χ1n) is 11.2. The summed E-state index contributed by atoms with van der Waals surface area (Å²) in [5.74, 6) is 1.26. The zero-order valence-electron chi connectivity index (χ0n) is 19.7. The molecular weight excluding hydrogens is 454 g/mol. The van der Waals surface area contributed by atoms with Gasteiger partial charge in [-0.2, -0.15) is 0 Å². The van der Waals surface area contributed by atoms with Crippen molar-refractivity contribution in [2.75, 3.05) is 26.7 Å². The summed E-state index contributed by atoms with van der Waals surface area (Å²) in [5, 5.41) is 5.93. The fourth-order valence-electron chi connectivity index (χ4n) is 4.00. The van der Waals surface area contributed by atoms with E-state index in [1.807, 2.05) is 55.6 Å². The number of carbonyl (C=O) groups is 2. The summed E-state index contributed by atoms with van der Waals surface area (Å²) in [6.07, 6.45) is -0.0738. The third-order valence-corrected chi connectivity index (χ3v) is 6.81. The molecule has 9 heteroatoms. The molecule has 0 saturated carbocycles. The van der Waals surface area contributed by atoms with Crippen LogP contribution >= 0.6 is 11.3 Å². The van der Waals surface area contributed by atoms with Gasteiger partial charge in [-0.1, -0.05) is 23.4 Å². The number of hydrogen-bond donors (Lipinski definition) is 0. The molecule has 0 N–H and O–H groups in total. The minimum atomic E-state index is -0.349. The topological polar surface area (TPSA) is 85.1 Å². The Kier molecular flexibility index (Phi) is 7.64. The molecule has 1 fully saturated rings. The molecule has 0 radical (unpaired) electrons. The van der Waals surface area contributed by atoms with E-state index in [1.54, 1.807) is 16.9 Å². The predicted molar refractivity (Wildman–Crippen MR) is 128 cm³/mol. The normalized spacial score (nSPS) is 16.6. The lowest BCUT2D eigenvalue weighted by atomic mass is 10.2. The van der Waals surface area contributed by atoms with Crippen LogP contribution in [0.25, 0.3) is 0 Å². The summed E-state index contributed by atoms with van der Waals surface area (Å²) in [5.41, 5.74) is 2.63. The molecule has 1 aliphatic heterocycles. The van der Waals surface area contributed by atoms with Gasteiger partial charge in [-0.15, -0.1) is 11.3 Å². The van der Waals surface area contributed by atoms with E-state index in [-0.39, 0.29) is 30.9 Å². The quantitative estimate of drug-likeness (QED) is 0.489. The van der Waals surface area contributed by atoms with Gasteiger partial charge < -0.3 is 23.8 Å². The number of hydrogen-bond acceptors (Lipinski definition) is 7. The van der Waals surface area contributed by atoms with Crippen molar-refractivity contribution in [3.8, 4) is 5.75 Å². The van der Waals surface area contributed by atoms with E-state index in [4.69, 9.17) is 14.0 Å². The standard InChI is InChI=1S/C25H29N3O5S/c1-17-23(18(2)33-26-17)16-32-21-13-27(12-19-6-4-7-20(10-19)31-3)25(30)15-28(14-21)24(29)11-22-8-5-9-34-22/h4-10,21H,11-16H2,1-3H3/t21-/m1/s1. The Balaban J connectivity index is 1.52. The average molecular weight is 484 g/mol. The molecule has 1 atom stereocenters. The highest BCUT2D eigenvalue weighted by Crippen LogP contribution is 2.20. The van der Waals surface area contributed by atoms with Gasteiger partial charge in [0.2, 0.25) is 11.8 Å². The second-order valence-corrected chi connectivity index (χ2v) is 9.42. The van der Waals surface area contributed by atoms with Crippen molar-refractivity contribution in [1.29, 1.82) is 0 Å². The minimum Gasteiger partial charge on any atom is -0.497 e. The first kappa shape index (κ1) is 24.0. The highest BCUT2D eigenvalue weighted by Gasteiger charge is 2.31. The molecule has 1 aromatic carbocycles. The summed E-state index contributed by atoms with van der Waals surface area (Å²) in [6.45, 7) is 5.18. The van der Waals surface area contributed by atoms with E-state index >= 15 is 0 Å². The molecule has 34 heavy (non-hydrogen) atoms. The SMILES string of the molecule is COc1cccc(CN2C[C@@H](OCc3c(C)noc3C)CN(C(=O)Cc3cccs3)CC2=O)c1. The molecule has 2 aromatic heterocycles. The van der Waals surface area contributed by atoms with Gasteiger partial charge in [-0.05, 0) is 43.0 Å². The van der Waals surface area contributed by atoms with Crippen molar-refractivity contribution in [3.63, 3.8) is 0 Å². The minimum absolute atomic E-state index is 0.0271. The number of ether oxygens (including phenoxy) is 2. The van der Waals surface area contributed by atoms with Gasteiger partial charge in [0.1, 0.15) is 11.5 Å². The van der Waals surface area contributed by atoms with Crippen LogP contribution in [0.1, 0.15) is 27.5 Å². The lowest BCUT2D eigenvalue weighted by Crippen LogP contribution is -2.40. The van der Waals surface area contributed by atoms with Gasteiger partial charge in [-0.3, -0.25) is 9.59 Å². The Morgan fingerprint density at radius 3 is 2.79 bits per heavy atom. The van der Waals surface area contributed by atoms with Crippen LogP contribution in [0.5, 0.6) is 5.75 Å². The number of amides is 2. The molecule has 0 bridgehead atoms. The van der Waals surface area contributed by atoms with Crippen LogP contribution in [0.4, 0.5) is 0 Å². The van der Waals surface area contributed by atoms with Crippen LogP contribution in [0.3, 0.4) is 0 Å². The number of rotatable bonds is 8. The molecular formula is C25H29N3O5S. The maximum atomic E-state index is 13.2. The van der Waals surface area contributed by atoms with Crippen LogP contribution < -0.4 is 4.74 Å². The molecule has 4 rings (SSSR count). The summed E-state index contributed by atoms with van der Waals surface area (Å²) in [6, 6.07) is 11.5. The molecule has 8 nitrogen and oxygen atoms in total. The molecule has 0 aliphatic carbocycles. The lowest BCUT2D eigenvalue weighted by Gasteiger charge is -2.25. The largest absolute Gasteiger partial charge is 0.497 e. The first-order valence-corrected chi connectivity index (χ1v) is 12.0. The van der Waals surface area contributed by atoms with Gasteiger partial charge in [0.15, 0.2) is 0 Å². The first-order chi connectivity index (χ1) is 16.4. The molecule has 0 unspecified atom stereocenters. The molecule has 3 aromatic rings. The van der Waals surface area contributed by atoms with E-state index in [0.29, 0.717) is 32.0 Å². The lowest BCUT2D eigenvalue weighted by molar-refractivity contribution is -0.138. The molecule has 3 heterocycles. The summed E-state index contributed by atoms with van der Waals surface area (Å²) >= 11 is 1.54. The van der Waals surface area contributed by atoms with Crippen molar-refractivity contribution in [2.45, 2.75) is 39.5 Å². The number of aromatic nitrogens is 1. The van der Waals surface area contributed by atoms with Gasteiger partial charge in [0.05, 0.1) is 38.5 Å². The Morgan fingerprint density at radius 1 is 1.24 bits per heavy atom. The second-order valence-electron chi connectivity index (χ2n) is 8.39. The maximum absolute atomic E-state index is 13.2. The summed E-state index contributed by atoms with van der Waals surface area (Å²) < 4.78 is 16.8. The number of thiophene rings is 1. The maximum Gasteiger partial charge on any atom is 0.242 e. The molecule has 2 amide bonds. The van der Waals surface area contributed by atoms with E-state index in [9.17, 15) is 9.59 Å². The number of carbonyl (C=O) groups excluding carboxylic acids is 2. The predicted octanol–water partition coefficient (Wildman–Crippen LogP) is 3.36. The summed E-state index contributed by atoms with van der Waals surface area (Å²) in [4.78, 5) is 30.6.